The highest BCUT2D eigenvalue weighted by Gasteiger charge is 2.23. The number of carbonyl (C=O) groups is 2. The molecule has 3 N–H and O–H groups in total. The molecule has 0 aliphatic carbocycles. The summed E-state index contributed by atoms with van der Waals surface area (Å²) in [5, 5.41) is 14.1. The summed E-state index contributed by atoms with van der Waals surface area (Å²) in [5.41, 5.74) is 2.06. The number of aliphatic hydroxyl groups is 1. The number of hydrogen-bond donors (Lipinski definition) is 3. The number of benzene rings is 1. The van der Waals surface area contributed by atoms with Crippen LogP contribution in [0.1, 0.15) is 18.4 Å². The molecule has 0 unspecified atom stereocenters. The van der Waals surface area contributed by atoms with Gasteiger partial charge >= 0.3 is 0 Å². The number of thioether (sulfide) groups is 1. The van der Waals surface area contributed by atoms with Gasteiger partial charge in [0.05, 0.1) is 11.9 Å². The monoisotopic (exact) mass is 308 g/mol. The molecule has 2 rings (SSSR count). The summed E-state index contributed by atoms with van der Waals surface area (Å²) >= 11 is 1.52. The normalized spacial score (nSPS) is 17.6. The summed E-state index contributed by atoms with van der Waals surface area (Å²) in [4.78, 5) is 23.6. The van der Waals surface area contributed by atoms with Gasteiger partial charge in [-0.3, -0.25) is 9.59 Å². The zero-order valence-electron chi connectivity index (χ0n) is 11.8. The highest BCUT2D eigenvalue weighted by molar-refractivity contribution is 8.00. The van der Waals surface area contributed by atoms with E-state index in [2.05, 4.69) is 10.6 Å². The van der Waals surface area contributed by atoms with Crippen LogP contribution in [0.5, 0.6) is 0 Å². The van der Waals surface area contributed by atoms with Crippen LogP contribution < -0.4 is 10.6 Å². The van der Waals surface area contributed by atoms with Crippen LogP contribution in [-0.2, 0) is 16.0 Å². The van der Waals surface area contributed by atoms with E-state index >= 15 is 0 Å². The molecular formula is C15H20N2O3S. The fraction of sp³-hybridized carbons (Fsp3) is 0.467. The van der Waals surface area contributed by atoms with Gasteiger partial charge in [0.2, 0.25) is 11.8 Å². The molecule has 1 aromatic carbocycles. The Morgan fingerprint density at radius 2 is 2.24 bits per heavy atom. The fourth-order valence-electron chi connectivity index (χ4n) is 2.23. The Balaban J connectivity index is 1.80. The van der Waals surface area contributed by atoms with E-state index in [4.69, 9.17) is 5.11 Å². The van der Waals surface area contributed by atoms with Crippen molar-refractivity contribution in [3.8, 4) is 0 Å². The molecule has 6 heteroatoms. The van der Waals surface area contributed by atoms with E-state index in [-0.39, 0.29) is 30.2 Å². The largest absolute Gasteiger partial charge is 0.395 e. The molecule has 5 nitrogen and oxygen atoms in total. The third kappa shape index (κ3) is 4.75. The first-order valence-corrected chi connectivity index (χ1v) is 8.13. The molecule has 0 radical (unpaired) electrons. The van der Waals surface area contributed by atoms with Crippen molar-refractivity contribution in [3.63, 3.8) is 0 Å². The second kappa shape index (κ2) is 8.05. The van der Waals surface area contributed by atoms with Gasteiger partial charge in [0.25, 0.3) is 0 Å². The Morgan fingerprint density at radius 3 is 3.05 bits per heavy atom. The number of fused-ring (bicyclic) bond motifs is 1. The number of rotatable bonds is 6. The minimum atomic E-state index is -0.122. The molecule has 1 aromatic rings. The van der Waals surface area contributed by atoms with Crippen molar-refractivity contribution in [2.45, 2.75) is 24.5 Å². The average molecular weight is 308 g/mol. The number of hydrogen-bond acceptors (Lipinski definition) is 4. The molecule has 1 aliphatic rings. The van der Waals surface area contributed by atoms with Crippen molar-refractivity contribution >= 4 is 29.3 Å². The first-order valence-electron chi connectivity index (χ1n) is 7.08. The van der Waals surface area contributed by atoms with Crippen LogP contribution in [0.2, 0.25) is 0 Å². The number of aryl methyl sites for hydroxylation is 1. The van der Waals surface area contributed by atoms with E-state index in [1.165, 1.54) is 11.8 Å². The van der Waals surface area contributed by atoms with E-state index in [0.717, 1.165) is 24.1 Å². The highest BCUT2D eigenvalue weighted by Crippen LogP contribution is 2.27. The van der Waals surface area contributed by atoms with Crippen molar-refractivity contribution < 1.29 is 14.7 Å². The molecule has 21 heavy (non-hydrogen) atoms. The number of anilines is 1. The van der Waals surface area contributed by atoms with E-state index < -0.39 is 0 Å². The predicted molar refractivity (Wildman–Crippen MR) is 84.4 cm³/mol. The topological polar surface area (TPSA) is 78.4 Å². The highest BCUT2D eigenvalue weighted by atomic mass is 32.2. The third-order valence-electron chi connectivity index (χ3n) is 3.33. The van der Waals surface area contributed by atoms with Gasteiger partial charge in [-0.25, -0.2) is 0 Å². The Hall–Kier alpha value is -1.53. The van der Waals surface area contributed by atoms with Gasteiger partial charge in [0, 0.05) is 24.4 Å². The van der Waals surface area contributed by atoms with Crippen molar-refractivity contribution in [2.75, 3.05) is 24.2 Å². The van der Waals surface area contributed by atoms with Crippen LogP contribution in [0.3, 0.4) is 0 Å². The molecular weight excluding hydrogens is 288 g/mol. The van der Waals surface area contributed by atoms with Gasteiger partial charge in [0.1, 0.15) is 0 Å². The molecule has 1 aliphatic heterocycles. The maximum Gasteiger partial charge on any atom is 0.237 e. The van der Waals surface area contributed by atoms with Gasteiger partial charge < -0.3 is 15.7 Å². The SMILES string of the molecule is O=C(CCS[C@H]1CCc2ccccc2NC1=O)NCCO. The number of aliphatic hydroxyl groups excluding tert-OH is 1. The maximum absolute atomic E-state index is 12.2. The summed E-state index contributed by atoms with van der Waals surface area (Å²) in [6, 6.07) is 7.84. The molecule has 0 saturated heterocycles. The van der Waals surface area contributed by atoms with Crippen LogP contribution in [-0.4, -0.2) is 41.1 Å². The smallest absolute Gasteiger partial charge is 0.237 e. The van der Waals surface area contributed by atoms with E-state index in [9.17, 15) is 9.59 Å². The summed E-state index contributed by atoms with van der Waals surface area (Å²) < 4.78 is 0. The number of para-hydroxylation sites is 1. The molecule has 0 aromatic heterocycles. The summed E-state index contributed by atoms with van der Waals surface area (Å²) in [6.07, 6.45) is 2.01. The van der Waals surface area contributed by atoms with Crippen LogP contribution >= 0.6 is 11.8 Å². The zero-order chi connectivity index (χ0) is 15.1. The molecule has 2 amide bonds. The minimum absolute atomic E-state index is 0.0146. The van der Waals surface area contributed by atoms with Crippen LogP contribution in [0.15, 0.2) is 24.3 Å². The molecule has 114 valence electrons. The van der Waals surface area contributed by atoms with Crippen molar-refractivity contribution in [1.82, 2.24) is 5.32 Å². The molecule has 0 spiro atoms. The lowest BCUT2D eigenvalue weighted by atomic mass is 10.1. The number of nitrogens with one attached hydrogen (secondary N) is 2. The Morgan fingerprint density at radius 1 is 1.43 bits per heavy atom. The van der Waals surface area contributed by atoms with E-state index in [1.807, 2.05) is 24.3 Å². The number of amides is 2. The zero-order valence-corrected chi connectivity index (χ0v) is 12.6. The average Bonchev–Trinajstić information content (AvgIpc) is 2.64. The van der Waals surface area contributed by atoms with Gasteiger partial charge in [-0.2, -0.15) is 0 Å². The third-order valence-corrected chi connectivity index (χ3v) is 4.62. The lowest BCUT2D eigenvalue weighted by Crippen LogP contribution is -2.28. The Labute approximate surface area is 128 Å². The standard InChI is InChI=1S/C15H20N2O3S/c18-9-8-16-14(19)7-10-21-13-6-5-11-3-1-2-4-12(11)17-15(13)20/h1-4,13,18H,5-10H2,(H,16,19)(H,17,20)/t13-/m0/s1. The van der Waals surface area contributed by atoms with E-state index in [1.54, 1.807) is 0 Å². The van der Waals surface area contributed by atoms with Crippen molar-refractivity contribution in [3.05, 3.63) is 29.8 Å². The number of carbonyl (C=O) groups excluding carboxylic acids is 2. The molecule has 0 saturated carbocycles. The van der Waals surface area contributed by atoms with Crippen LogP contribution in [0, 0.1) is 0 Å². The lowest BCUT2D eigenvalue weighted by Gasteiger charge is -2.12. The van der Waals surface area contributed by atoms with Gasteiger partial charge in [0.15, 0.2) is 0 Å². The van der Waals surface area contributed by atoms with Gasteiger partial charge in [-0.05, 0) is 24.5 Å². The fourth-order valence-corrected chi connectivity index (χ4v) is 3.31. The Bertz CT molecular complexity index is 507. The van der Waals surface area contributed by atoms with Crippen LogP contribution in [0.4, 0.5) is 5.69 Å². The maximum atomic E-state index is 12.2. The lowest BCUT2D eigenvalue weighted by molar-refractivity contribution is -0.121. The van der Waals surface area contributed by atoms with Gasteiger partial charge in [-0.1, -0.05) is 18.2 Å². The van der Waals surface area contributed by atoms with Crippen molar-refractivity contribution in [1.29, 1.82) is 0 Å². The minimum Gasteiger partial charge on any atom is -0.395 e. The summed E-state index contributed by atoms with van der Waals surface area (Å²) in [7, 11) is 0. The molecule has 0 bridgehead atoms. The van der Waals surface area contributed by atoms with Crippen molar-refractivity contribution in [2.24, 2.45) is 0 Å². The quantitative estimate of drug-likeness (QED) is 0.737. The molecule has 0 fully saturated rings. The summed E-state index contributed by atoms with van der Waals surface area (Å²) in [6.45, 7) is 0.227. The van der Waals surface area contributed by atoms with Crippen LogP contribution in [0.25, 0.3) is 0 Å². The van der Waals surface area contributed by atoms with E-state index in [0.29, 0.717) is 12.2 Å². The second-order valence-electron chi connectivity index (χ2n) is 4.87. The summed E-state index contributed by atoms with van der Waals surface area (Å²) in [5.74, 6) is 0.528. The first-order chi connectivity index (χ1) is 10.2. The molecule has 1 atom stereocenters. The first kappa shape index (κ1) is 15.9. The Kier molecular flexibility index (Phi) is 6.07. The molecule has 1 heterocycles. The second-order valence-corrected chi connectivity index (χ2v) is 6.18. The van der Waals surface area contributed by atoms with Gasteiger partial charge in [-0.15, -0.1) is 11.8 Å². The predicted octanol–water partition coefficient (Wildman–Crippen LogP) is 1.17.